The summed E-state index contributed by atoms with van der Waals surface area (Å²) in [6.07, 6.45) is 2.03. The third-order valence-electron chi connectivity index (χ3n) is 2.45. The van der Waals surface area contributed by atoms with Crippen molar-refractivity contribution in [3.8, 4) is 0 Å². The van der Waals surface area contributed by atoms with Gasteiger partial charge in [0.2, 0.25) is 5.91 Å². The fourth-order valence-electron chi connectivity index (χ4n) is 1.93. The summed E-state index contributed by atoms with van der Waals surface area (Å²) in [6, 6.07) is 0.160. The van der Waals surface area contributed by atoms with E-state index in [9.17, 15) is 9.90 Å². The van der Waals surface area contributed by atoms with Gasteiger partial charge in [-0.1, -0.05) is 0 Å². The van der Waals surface area contributed by atoms with Gasteiger partial charge >= 0.3 is 0 Å². The van der Waals surface area contributed by atoms with Gasteiger partial charge < -0.3 is 10.0 Å². The monoisotopic (exact) mass is 141 g/mol. The summed E-state index contributed by atoms with van der Waals surface area (Å²) >= 11 is 0. The van der Waals surface area contributed by atoms with Gasteiger partial charge in [-0.15, -0.1) is 0 Å². The van der Waals surface area contributed by atoms with Crippen LogP contribution in [0.2, 0.25) is 0 Å². The number of aliphatic hydroxyl groups excluding tert-OH is 1. The van der Waals surface area contributed by atoms with E-state index in [0.717, 1.165) is 19.4 Å². The number of hydrogen-bond donors (Lipinski definition) is 1. The van der Waals surface area contributed by atoms with Crippen LogP contribution in [0.1, 0.15) is 19.3 Å². The maximum atomic E-state index is 11.0. The fraction of sp³-hybridized carbons (Fsp3) is 0.857. The Morgan fingerprint density at radius 2 is 2.40 bits per heavy atom. The Morgan fingerprint density at radius 3 is 3.10 bits per heavy atom. The summed E-state index contributed by atoms with van der Waals surface area (Å²) in [6.45, 7) is 0.862. The van der Waals surface area contributed by atoms with Crippen LogP contribution in [-0.4, -0.2) is 34.6 Å². The second-order valence-electron chi connectivity index (χ2n) is 3.07. The highest BCUT2D eigenvalue weighted by atomic mass is 16.3. The lowest BCUT2D eigenvalue weighted by atomic mass is 10.1. The number of fused-ring (bicyclic) bond motifs is 1. The zero-order chi connectivity index (χ0) is 7.14. The number of aliphatic hydroxyl groups is 1. The smallest absolute Gasteiger partial charge is 0.225 e. The van der Waals surface area contributed by atoms with Crippen molar-refractivity contribution >= 4 is 5.91 Å². The van der Waals surface area contributed by atoms with E-state index in [-0.39, 0.29) is 18.1 Å². The first kappa shape index (κ1) is 6.16. The number of carbonyl (C=O) groups is 1. The van der Waals surface area contributed by atoms with Gasteiger partial charge in [-0.05, 0) is 12.8 Å². The predicted molar refractivity (Wildman–Crippen MR) is 35.4 cm³/mol. The number of carbonyl (C=O) groups excluding carboxylic acids is 1. The molecule has 56 valence electrons. The summed E-state index contributed by atoms with van der Waals surface area (Å²) in [5, 5.41) is 9.31. The van der Waals surface area contributed by atoms with Crippen LogP contribution in [0.25, 0.3) is 0 Å². The standard InChI is InChI=1S/C7H11NO2/c9-6-4-7(10)8-3-1-2-5(6)8/h5-6,9H,1-4H2/t5-,6+/m0/s1. The maximum absolute atomic E-state index is 11.0. The van der Waals surface area contributed by atoms with Crippen molar-refractivity contribution in [1.29, 1.82) is 0 Å². The van der Waals surface area contributed by atoms with Gasteiger partial charge in [0.25, 0.3) is 0 Å². The van der Waals surface area contributed by atoms with Crippen molar-refractivity contribution in [1.82, 2.24) is 4.90 Å². The minimum atomic E-state index is -0.380. The quantitative estimate of drug-likeness (QED) is 0.505. The van der Waals surface area contributed by atoms with E-state index in [1.165, 1.54) is 0 Å². The minimum absolute atomic E-state index is 0.134. The first-order valence-electron chi connectivity index (χ1n) is 3.76. The van der Waals surface area contributed by atoms with E-state index in [1.807, 2.05) is 4.90 Å². The summed E-state index contributed by atoms with van der Waals surface area (Å²) in [5.74, 6) is 0.134. The zero-order valence-corrected chi connectivity index (χ0v) is 5.79. The van der Waals surface area contributed by atoms with E-state index >= 15 is 0 Å². The van der Waals surface area contributed by atoms with Gasteiger partial charge in [-0.3, -0.25) is 4.79 Å². The van der Waals surface area contributed by atoms with Crippen molar-refractivity contribution in [3.05, 3.63) is 0 Å². The molecule has 2 heterocycles. The Kier molecular flexibility index (Phi) is 1.20. The average Bonchev–Trinajstić information content (AvgIpc) is 2.39. The van der Waals surface area contributed by atoms with E-state index in [1.54, 1.807) is 0 Å². The van der Waals surface area contributed by atoms with Crippen LogP contribution in [0, 0.1) is 0 Å². The molecule has 1 amide bonds. The van der Waals surface area contributed by atoms with Gasteiger partial charge in [0, 0.05) is 6.54 Å². The molecule has 2 aliphatic rings. The molecule has 0 aromatic carbocycles. The zero-order valence-electron chi connectivity index (χ0n) is 5.79. The molecule has 10 heavy (non-hydrogen) atoms. The lowest BCUT2D eigenvalue weighted by molar-refractivity contribution is -0.127. The highest BCUT2D eigenvalue weighted by Gasteiger charge is 2.41. The molecule has 3 heteroatoms. The molecule has 0 unspecified atom stereocenters. The Hall–Kier alpha value is -0.570. The molecule has 0 aliphatic carbocycles. The molecule has 0 aromatic heterocycles. The Bertz CT molecular complexity index is 169. The largest absolute Gasteiger partial charge is 0.390 e. The van der Waals surface area contributed by atoms with E-state index in [2.05, 4.69) is 0 Å². The van der Waals surface area contributed by atoms with E-state index in [0.29, 0.717) is 6.42 Å². The second-order valence-corrected chi connectivity index (χ2v) is 3.07. The number of hydrogen-bond acceptors (Lipinski definition) is 2. The number of rotatable bonds is 0. The lowest BCUT2D eigenvalue weighted by Gasteiger charge is -2.15. The number of nitrogens with zero attached hydrogens (tertiary/aromatic N) is 1. The molecule has 2 fully saturated rings. The lowest BCUT2D eigenvalue weighted by Crippen LogP contribution is -2.30. The SMILES string of the molecule is O=C1C[C@@H](O)[C@@H]2CCCN12. The number of amides is 1. The highest BCUT2D eigenvalue weighted by molar-refractivity contribution is 5.80. The first-order chi connectivity index (χ1) is 4.79. The molecule has 0 saturated carbocycles. The van der Waals surface area contributed by atoms with Gasteiger partial charge in [0.1, 0.15) is 0 Å². The van der Waals surface area contributed by atoms with Gasteiger partial charge in [0.05, 0.1) is 18.6 Å². The topological polar surface area (TPSA) is 40.5 Å². The Morgan fingerprint density at radius 1 is 1.60 bits per heavy atom. The van der Waals surface area contributed by atoms with E-state index < -0.39 is 0 Å². The molecule has 0 spiro atoms. The van der Waals surface area contributed by atoms with E-state index in [4.69, 9.17) is 0 Å². The molecule has 0 bridgehead atoms. The van der Waals surface area contributed by atoms with Gasteiger partial charge in [-0.2, -0.15) is 0 Å². The van der Waals surface area contributed by atoms with Crippen LogP contribution in [0.4, 0.5) is 0 Å². The molecule has 2 rings (SSSR count). The van der Waals surface area contributed by atoms with Crippen LogP contribution in [0.3, 0.4) is 0 Å². The molecule has 3 nitrogen and oxygen atoms in total. The summed E-state index contributed by atoms with van der Waals surface area (Å²) in [4.78, 5) is 12.8. The minimum Gasteiger partial charge on any atom is -0.390 e. The van der Waals surface area contributed by atoms with Gasteiger partial charge in [-0.25, -0.2) is 0 Å². The highest BCUT2D eigenvalue weighted by Crippen LogP contribution is 2.28. The Labute approximate surface area is 59.6 Å². The average molecular weight is 141 g/mol. The van der Waals surface area contributed by atoms with Crippen molar-refractivity contribution in [3.63, 3.8) is 0 Å². The summed E-state index contributed by atoms with van der Waals surface area (Å²) < 4.78 is 0. The van der Waals surface area contributed by atoms with Crippen LogP contribution >= 0.6 is 0 Å². The molecule has 2 atom stereocenters. The van der Waals surface area contributed by atoms with Gasteiger partial charge in [0.15, 0.2) is 0 Å². The Balaban J connectivity index is 2.19. The molecular weight excluding hydrogens is 130 g/mol. The normalized spacial score (nSPS) is 38.9. The molecule has 2 saturated heterocycles. The molecule has 0 radical (unpaired) electrons. The third kappa shape index (κ3) is 0.669. The molecular formula is C7H11NO2. The van der Waals surface area contributed by atoms with Crippen LogP contribution < -0.4 is 0 Å². The van der Waals surface area contributed by atoms with Crippen LogP contribution in [0.5, 0.6) is 0 Å². The molecule has 1 N–H and O–H groups in total. The predicted octanol–water partition coefficient (Wildman–Crippen LogP) is -0.258. The molecule has 0 aromatic rings. The first-order valence-corrected chi connectivity index (χ1v) is 3.76. The summed E-state index contributed by atoms with van der Waals surface area (Å²) in [7, 11) is 0. The maximum Gasteiger partial charge on any atom is 0.225 e. The molecule has 2 aliphatic heterocycles. The second kappa shape index (κ2) is 1.95. The van der Waals surface area contributed by atoms with Crippen molar-refractivity contribution < 1.29 is 9.90 Å². The van der Waals surface area contributed by atoms with Crippen LogP contribution in [-0.2, 0) is 4.79 Å². The van der Waals surface area contributed by atoms with Crippen molar-refractivity contribution in [2.75, 3.05) is 6.54 Å². The third-order valence-corrected chi connectivity index (χ3v) is 2.45. The van der Waals surface area contributed by atoms with Crippen molar-refractivity contribution in [2.45, 2.75) is 31.4 Å². The summed E-state index contributed by atoms with van der Waals surface area (Å²) in [5.41, 5.74) is 0. The van der Waals surface area contributed by atoms with Crippen molar-refractivity contribution in [2.24, 2.45) is 0 Å². The van der Waals surface area contributed by atoms with Crippen LogP contribution in [0.15, 0.2) is 0 Å². The fourth-order valence-corrected chi connectivity index (χ4v) is 1.93.